The van der Waals surface area contributed by atoms with Crippen molar-refractivity contribution in [1.82, 2.24) is 0 Å². The third-order valence-electron chi connectivity index (χ3n) is 1.95. The molecule has 4 nitrogen and oxygen atoms in total. The van der Waals surface area contributed by atoms with Crippen LogP contribution < -0.4 is 9.47 Å². The molecule has 0 aliphatic carbocycles. The first-order valence-corrected chi connectivity index (χ1v) is 4.94. The lowest BCUT2D eigenvalue weighted by Crippen LogP contribution is -1.96. The Morgan fingerprint density at radius 3 is 2.60 bits per heavy atom. The topological polar surface area (TPSA) is 62.5 Å². The fraction of sp³-hybridized carbons (Fsp3) is 0.300. The molecule has 0 fully saturated rings. The summed E-state index contributed by atoms with van der Waals surface area (Å²) in [6.07, 6.45) is 0.0603. The van der Waals surface area contributed by atoms with E-state index in [4.69, 9.17) is 14.7 Å². The molecule has 0 saturated heterocycles. The van der Waals surface area contributed by atoms with Crippen molar-refractivity contribution < 1.29 is 14.6 Å². The van der Waals surface area contributed by atoms with Gasteiger partial charge in [-0.2, -0.15) is 5.26 Å². The summed E-state index contributed by atoms with van der Waals surface area (Å²) in [6, 6.07) is 3.55. The lowest BCUT2D eigenvalue weighted by molar-refractivity contribution is 0.347. The molecule has 1 aromatic carbocycles. The average Bonchev–Trinajstić information content (AvgIpc) is 2.24. The molecule has 80 valence electrons. The van der Waals surface area contributed by atoms with Gasteiger partial charge in [0.25, 0.3) is 0 Å². The molecule has 0 unspecified atom stereocenters. The lowest BCUT2D eigenvalue weighted by Gasteiger charge is -2.13. The number of hydrogen-bond acceptors (Lipinski definition) is 4. The summed E-state index contributed by atoms with van der Waals surface area (Å²) in [4.78, 5) is 0. The number of methoxy groups -OCH3 is 2. The van der Waals surface area contributed by atoms with Gasteiger partial charge in [0.2, 0.25) is 0 Å². The van der Waals surface area contributed by atoms with E-state index in [9.17, 15) is 5.11 Å². The number of phenols is 1. The number of nitrogens with zero attached hydrogens (tertiary/aromatic N) is 1. The number of rotatable bonds is 3. The Labute approximate surface area is 96.2 Å². The number of aromatic hydroxyl groups is 1. The Kier molecular flexibility index (Phi) is 3.81. The van der Waals surface area contributed by atoms with Crippen molar-refractivity contribution in [2.24, 2.45) is 0 Å². The van der Waals surface area contributed by atoms with Crippen LogP contribution in [-0.2, 0) is 6.42 Å². The number of nitriles is 1. The highest BCUT2D eigenvalue weighted by atomic mass is 79.9. The summed E-state index contributed by atoms with van der Waals surface area (Å²) in [7, 11) is 2.96. The van der Waals surface area contributed by atoms with Crippen molar-refractivity contribution in [3.05, 3.63) is 16.1 Å². The normalized spacial score (nSPS) is 9.47. The van der Waals surface area contributed by atoms with Gasteiger partial charge in [-0.05, 0) is 15.9 Å². The number of hydrogen-bond donors (Lipinski definition) is 1. The van der Waals surface area contributed by atoms with Crippen LogP contribution >= 0.6 is 15.9 Å². The van der Waals surface area contributed by atoms with Gasteiger partial charge < -0.3 is 14.6 Å². The van der Waals surface area contributed by atoms with Gasteiger partial charge in [0.1, 0.15) is 5.75 Å². The standard InChI is InChI=1S/C10H10BrNO3/c1-14-8-5-7(11)9(13)6(3-4-12)10(8)15-2/h5,13H,3H2,1-2H3. The maximum absolute atomic E-state index is 9.73. The maximum Gasteiger partial charge on any atom is 0.168 e. The molecular weight excluding hydrogens is 262 g/mol. The fourth-order valence-electron chi connectivity index (χ4n) is 1.27. The summed E-state index contributed by atoms with van der Waals surface area (Å²) < 4.78 is 10.7. The minimum absolute atomic E-state index is 0.00852. The molecule has 0 aromatic heterocycles. The minimum atomic E-state index is 0.00852. The summed E-state index contributed by atoms with van der Waals surface area (Å²) in [5, 5.41) is 18.4. The van der Waals surface area contributed by atoms with Crippen LogP contribution in [-0.4, -0.2) is 19.3 Å². The van der Waals surface area contributed by atoms with Crippen molar-refractivity contribution in [3.8, 4) is 23.3 Å². The van der Waals surface area contributed by atoms with Gasteiger partial charge >= 0.3 is 0 Å². The van der Waals surface area contributed by atoms with Crippen LogP contribution in [0.15, 0.2) is 10.5 Å². The highest BCUT2D eigenvalue weighted by Crippen LogP contribution is 2.42. The van der Waals surface area contributed by atoms with Crippen LogP contribution in [0.25, 0.3) is 0 Å². The van der Waals surface area contributed by atoms with E-state index >= 15 is 0 Å². The third kappa shape index (κ3) is 2.16. The van der Waals surface area contributed by atoms with Crippen molar-refractivity contribution in [2.75, 3.05) is 14.2 Å². The molecule has 0 aliphatic heterocycles. The van der Waals surface area contributed by atoms with E-state index in [2.05, 4.69) is 15.9 Å². The minimum Gasteiger partial charge on any atom is -0.506 e. The van der Waals surface area contributed by atoms with Crippen LogP contribution in [0.3, 0.4) is 0 Å². The molecule has 1 rings (SSSR count). The summed E-state index contributed by atoms with van der Waals surface area (Å²) in [5.74, 6) is 0.876. The molecule has 0 atom stereocenters. The Morgan fingerprint density at radius 1 is 1.47 bits per heavy atom. The quantitative estimate of drug-likeness (QED) is 0.916. The Bertz CT molecular complexity index is 412. The largest absolute Gasteiger partial charge is 0.506 e. The molecule has 0 bridgehead atoms. The van der Waals surface area contributed by atoms with Gasteiger partial charge in [0.05, 0.1) is 36.7 Å². The van der Waals surface area contributed by atoms with E-state index in [-0.39, 0.29) is 12.2 Å². The molecule has 0 radical (unpaired) electrons. The highest BCUT2D eigenvalue weighted by molar-refractivity contribution is 9.10. The van der Waals surface area contributed by atoms with E-state index in [0.717, 1.165) is 0 Å². The second-order valence-electron chi connectivity index (χ2n) is 2.76. The van der Waals surface area contributed by atoms with Gasteiger partial charge in [-0.15, -0.1) is 0 Å². The van der Waals surface area contributed by atoms with Crippen LogP contribution in [0.2, 0.25) is 0 Å². The molecule has 0 amide bonds. The zero-order valence-corrected chi connectivity index (χ0v) is 9.96. The SMILES string of the molecule is COc1cc(Br)c(O)c(CC#N)c1OC. The summed E-state index contributed by atoms with van der Waals surface area (Å²) >= 11 is 3.18. The lowest BCUT2D eigenvalue weighted by atomic mass is 10.1. The Hall–Kier alpha value is -1.41. The molecule has 5 heteroatoms. The highest BCUT2D eigenvalue weighted by Gasteiger charge is 2.17. The van der Waals surface area contributed by atoms with Gasteiger partial charge in [-0.25, -0.2) is 0 Å². The van der Waals surface area contributed by atoms with Gasteiger partial charge in [0, 0.05) is 6.07 Å². The van der Waals surface area contributed by atoms with E-state index in [0.29, 0.717) is 21.5 Å². The molecule has 0 saturated carbocycles. The van der Waals surface area contributed by atoms with Crippen molar-refractivity contribution in [1.29, 1.82) is 5.26 Å². The van der Waals surface area contributed by atoms with Gasteiger partial charge in [-0.1, -0.05) is 0 Å². The van der Waals surface area contributed by atoms with Crippen LogP contribution in [0, 0.1) is 11.3 Å². The van der Waals surface area contributed by atoms with Crippen LogP contribution in [0.1, 0.15) is 5.56 Å². The first kappa shape index (κ1) is 11.7. The molecule has 0 spiro atoms. The van der Waals surface area contributed by atoms with Crippen LogP contribution in [0.4, 0.5) is 0 Å². The van der Waals surface area contributed by atoms with Crippen molar-refractivity contribution in [3.63, 3.8) is 0 Å². The number of benzene rings is 1. The van der Waals surface area contributed by atoms with E-state index in [1.54, 1.807) is 6.07 Å². The van der Waals surface area contributed by atoms with E-state index in [1.807, 2.05) is 6.07 Å². The van der Waals surface area contributed by atoms with E-state index < -0.39 is 0 Å². The molecular formula is C10H10BrNO3. The first-order chi connectivity index (χ1) is 7.15. The second kappa shape index (κ2) is 4.89. The van der Waals surface area contributed by atoms with Crippen LogP contribution in [0.5, 0.6) is 17.2 Å². The second-order valence-corrected chi connectivity index (χ2v) is 3.61. The van der Waals surface area contributed by atoms with E-state index in [1.165, 1.54) is 14.2 Å². The molecule has 1 aromatic rings. The maximum atomic E-state index is 9.73. The first-order valence-electron chi connectivity index (χ1n) is 4.15. The average molecular weight is 272 g/mol. The molecule has 1 N–H and O–H groups in total. The molecule has 0 heterocycles. The zero-order valence-electron chi connectivity index (χ0n) is 8.37. The van der Waals surface area contributed by atoms with Crippen molar-refractivity contribution >= 4 is 15.9 Å². The predicted octanol–water partition coefficient (Wildman–Crippen LogP) is 2.24. The van der Waals surface area contributed by atoms with Gasteiger partial charge in [0.15, 0.2) is 11.5 Å². The zero-order chi connectivity index (χ0) is 11.4. The monoisotopic (exact) mass is 271 g/mol. The third-order valence-corrected chi connectivity index (χ3v) is 2.55. The number of ether oxygens (including phenoxy) is 2. The number of phenolic OH excluding ortho intramolecular Hbond substituents is 1. The van der Waals surface area contributed by atoms with Crippen molar-refractivity contribution in [2.45, 2.75) is 6.42 Å². The predicted molar refractivity (Wildman–Crippen MR) is 58.2 cm³/mol. The Balaban J connectivity index is 3.43. The fourth-order valence-corrected chi connectivity index (χ4v) is 1.72. The van der Waals surface area contributed by atoms with Gasteiger partial charge in [-0.3, -0.25) is 0 Å². The Morgan fingerprint density at radius 2 is 2.13 bits per heavy atom. The smallest absolute Gasteiger partial charge is 0.168 e. The number of halogens is 1. The molecule has 0 aliphatic rings. The summed E-state index contributed by atoms with van der Waals surface area (Å²) in [6.45, 7) is 0. The molecule has 15 heavy (non-hydrogen) atoms. The summed E-state index contributed by atoms with van der Waals surface area (Å²) in [5.41, 5.74) is 0.422.